The van der Waals surface area contributed by atoms with Crippen LogP contribution < -0.4 is 0 Å². The van der Waals surface area contributed by atoms with Gasteiger partial charge in [0.2, 0.25) is 0 Å². The molecule has 382 valence electrons. The third-order valence-electron chi connectivity index (χ3n) is 11.6. The molecular formula is C61H102O6. The molecule has 0 saturated carbocycles. The summed E-state index contributed by atoms with van der Waals surface area (Å²) in [5, 5.41) is 0. The minimum absolute atomic E-state index is 0.106. The lowest BCUT2D eigenvalue weighted by Crippen LogP contribution is -2.30. The summed E-state index contributed by atoms with van der Waals surface area (Å²) in [5.74, 6) is -1.01. The molecule has 0 heterocycles. The monoisotopic (exact) mass is 931 g/mol. The highest BCUT2D eigenvalue weighted by Crippen LogP contribution is 2.14. The van der Waals surface area contributed by atoms with Crippen molar-refractivity contribution < 1.29 is 28.6 Å². The molecule has 0 aromatic rings. The van der Waals surface area contributed by atoms with E-state index in [4.69, 9.17) is 14.2 Å². The van der Waals surface area contributed by atoms with E-state index in [1.165, 1.54) is 109 Å². The van der Waals surface area contributed by atoms with Gasteiger partial charge in [0.15, 0.2) is 6.10 Å². The molecule has 0 radical (unpaired) electrons. The van der Waals surface area contributed by atoms with Gasteiger partial charge in [-0.25, -0.2) is 0 Å². The first-order valence-electron chi connectivity index (χ1n) is 27.8. The molecule has 0 fully saturated rings. The fourth-order valence-electron chi connectivity index (χ4n) is 7.46. The Hall–Kier alpha value is -3.67. The number of esters is 3. The molecule has 0 aromatic carbocycles. The van der Waals surface area contributed by atoms with Crippen LogP contribution in [-0.4, -0.2) is 37.2 Å². The maximum absolute atomic E-state index is 12.8. The summed E-state index contributed by atoms with van der Waals surface area (Å²) in [6.45, 7) is 6.44. The first-order valence-corrected chi connectivity index (χ1v) is 27.8. The van der Waals surface area contributed by atoms with Gasteiger partial charge in [-0.05, 0) is 83.5 Å². The number of rotatable bonds is 49. The van der Waals surface area contributed by atoms with Crippen LogP contribution in [0.4, 0.5) is 0 Å². The minimum Gasteiger partial charge on any atom is -0.462 e. The Morgan fingerprint density at radius 3 is 1.06 bits per heavy atom. The highest BCUT2D eigenvalue weighted by atomic mass is 16.6. The Morgan fingerprint density at radius 1 is 0.328 bits per heavy atom. The van der Waals surface area contributed by atoms with E-state index in [2.05, 4.69) is 112 Å². The van der Waals surface area contributed by atoms with E-state index >= 15 is 0 Å². The number of ether oxygens (including phenoxy) is 3. The average molecular weight is 931 g/mol. The van der Waals surface area contributed by atoms with E-state index in [1.54, 1.807) is 0 Å². The molecule has 1 atom stereocenters. The highest BCUT2D eigenvalue weighted by Gasteiger charge is 2.19. The largest absolute Gasteiger partial charge is 0.462 e. The van der Waals surface area contributed by atoms with Crippen LogP contribution in [0.25, 0.3) is 0 Å². The summed E-state index contributed by atoms with van der Waals surface area (Å²) < 4.78 is 16.8. The second kappa shape index (κ2) is 54.9. The van der Waals surface area contributed by atoms with E-state index in [-0.39, 0.29) is 37.5 Å². The third-order valence-corrected chi connectivity index (χ3v) is 11.6. The van der Waals surface area contributed by atoms with Gasteiger partial charge in [0.25, 0.3) is 0 Å². The molecule has 0 amide bonds. The fraction of sp³-hybridized carbons (Fsp3) is 0.689. The standard InChI is InChI=1S/C61H102O6/c1-4-7-10-13-16-19-22-25-27-29-31-33-34-36-39-42-45-48-51-54-60(63)66-57-58(56-65-59(62)53-50-47-44-41-38-24-21-18-15-12-9-6-3)67-61(64)55-52-49-46-43-40-37-35-32-30-28-26-23-20-17-14-11-8-5-2/h7,10,16,19,25,27-28,30-33,35-36,39,45,48,58H,4-6,8-9,11-15,17-18,20-24,26,29,34,37-38,40-44,46-47,49-57H2,1-3H3/b10-7-,19-16-,27-25-,30-28-,33-31-,35-32-,39-36-,48-45-. The molecular weight excluding hydrogens is 829 g/mol. The summed E-state index contributed by atoms with van der Waals surface area (Å²) >= 11 is 0. The van der Waals surface area contributed by atoms with Gasteiger partial charge in [-0.15, -0.1) is 0 Å². The Bertz CT molecular complexity index is 1350. The maximum atomic E-state index is 12.8. The first kappa shape index (κ1) is 63.3. The molecule has 67 heavy (non-hydrogen) atoms. The molecule has 0 aromatic heterocycles. The van der Waals surface area contributed by atoms with Crippen molar-refractivity contribution in [1.82, 2.24) is 0 Å². The predicted molar refractivity (Wildman–Crippen MR) is 288 cm³/mol. The van der Waals surface area contributed by atoms with Gasteiger partial charge in [-0.2, -0.15) is 0 Å². The van der Waals surface area contributed by atoms with Gasteiger partial charge in [0.05, 0.1) is 0 Å². The van der Waals surface area contributed by atoms with E-state index in [0.717, 1.165) is 96.3 Å². The lowest BCUT2D eigenvalue weighted by molar-refractivity contribution is -0.166. The van der Waals surface area contributed by atoms with Crippen molar-refractivity contribution in [1.29, 1.82) is 0 Å². The molecule has 6 nitrogen and oxygen atoms in total. The summed E-state index contributed by atoms with van der Waals surface area (Å²) in [4.78, 5) is 38.0. The van der Waals surface area contributed by atoms with Gasteiger partial charge in [0.1, 0.15) is 13.2 Å². The summed E-state index contributed by atoms with van der Waals surface area (Å²) in [5.41, 5.74) is 0. The molecule has 0 saturated heterocycles. The fourth-order valence-corrected chi connectivity index (χ4v) is 7.46. The SMILES string of the molecule is CC/C=C\C/C=C\C/C=C\C/C=C\C/C=C\C/C=C\CCC(=O)OCC(COC(=O)CCCCCCCCCCCCCC)OC(=O)CCCCCCC/C=C\C=C/CCCCCCCCC. The normalized spacial score (nSPS) is 12.8. The smallest absolute Gasteiger partial charge is 0.306 e. The second-order valence-corrected chi connectivity index (χ2v) is 18.1. The zero-order chi connectivity index (χ0) is 48.6. The van der Waals surface area contributed by atoms with Gasteiger partial charge in [-0.3, -0.25) is 14.4 Å². The van der Waals surface area contributed by atoms with Gasteiger partial charge < -0.3 is 14.2 Å². The summed E-state index contributed by atoms with van der Waals surface area (Å²) in [7, 11) is 0. The maximum Gasteiger partial charge on any atom is 0.306 e. The van der Waals surface area contributed by atoms with E-state index in [0.29, 0.717) is 19.3 Å². The van der Waals surface area contributed by atoms with Crippen molar-refractivity contribution in [2.75, 3.05) is 13.2 Å². The lowest BCUT2D eigenvalue weighted by Gasteiger charge is -2.18. The molecule has 6 heteroatoms. The Kier molecular flexibility index (Phi) is 51.9. The third kappa shape index (κ3) is 53.2. The van der Waals surface area contributed by atoms with E-state index in [1.807, 2.05) is 6.08 Å². The second-order valence-electron chi connectivity index (χ2n) is 18.1. The predicted octanol–water partition coefficient (Wildman–Crippen LogP) is 18.5. The molecule has 0 rings (SSSR count). The zero-order valence-corrected chi connectivity index (χ0v) is 43.6. The van der Waals surface area contributed by atoms with Crippen LogP contribution in [0, 0.1) is 0 Å². The number of unbranched alkanes of at least 4 members (excludes halogenated alkanes) is 23. The molecule has 0 aliphatic heterocycles. The number of hydrogen-bond acceptors (Lipinski definition) is 6. The quantitative estimate of drug-likeness (QED) is 0.0199. The molecule has 0 N–H and O–H groups in total. The van der Waals surface area contributed by atoms with Crippen LogP contribution in [0.5, 0.6) is 0 Å². The van der Waals surface area contributed by atoms with E-state index < -0.39 is 6.10 Å². The molecule has 0 spiro atoms. The first-order chi connectivity index (χ1) is 33.0. The molecule has 0 aliphatic rings. The highest BCUT2D eigenvalue weighted by molar-refractivity contribution is 5.71. The number of carbonyl (C=O) groups is 3. The van der Waals surface area contributed by atoms with Crippen molar-refractivity contribution in [2.24, 2.45) is 0 Å². The Morgan fingerprint density at radius 2 is 0.657 bits per heavy atom. The number of allylic oxidation sites excluding steroid dienone is 16. The van der Waals surface area contributed by atoms with Crippen molar-refractivity contribution in [3.63, 3.8) is 0 Å². The van der Waals surface area contributed by atoms with Crippen LogP contribution in [0.1, 0.15) is 252 Å². The van der Waals surface area contributed by atoms with Crippen molar-refractivity contribution >= 4 is 17.9 Å². The topological polar surface area (TPSA) is 78.9 Å². The van der Waals surface area contributed by atoms with Crippen molar-refractivity contribution in [3.8, 4) is 0 Å². The zero-order valence-electron chi connectivity index (χ0n) is 43.6. The Labute approximate surface area is 413 Å². The van der Waals surface area contributed by atoms with E-state index in [9.17, 15) is 14.4 Å². The molecule has 1 unspecified atom stereocenters. The van der Waals surface area contributed by atoms with Crippen LogP contribution >= 0.6 is 0 Å². The minimum atomic E-state index is -0.815. The molecule has 0 aliphatic carbocycles. The average Bonchev–Trinajstić information content (AvgIpc) is 3.33. The summed E-state index contributed by atoms with van der Waals surface area (Å²) in [6, 6.07) is 0. The van der Waals surface area contributed by atoms with Crippen LogP contribution in [0.3, 0.4) is 0 Å². The molecule has 0 bridgehead atoms. The summed E-state index contributed by atoms with van der Waals surface area (Å²) in [6.07, 6.45) is 72.6. The van der Waals surface area contributed by atoms with Crippen LogP contribution in [-0.2, 0) is 28.6 Å². The van der Waals surface area contributed by atoms with Gasteiger partial charge in [0, 0.05) is 19.3 Å². The van der Waals surface area contributed by atoms with Gasteiger partial charge in [-0.1, -0.05) is 246 Å². The van der Waals surface area contributed by atoms with Crippen molar-refractivity contribution in [2.45, 2.75) is 258 Å². The Balaban J connectivity index is 4.51. The number of hydrogen-bond donors (Lipinski definition) is 0. The van der Waals surface area contributed by atoms with Crippen LogP contribution in [0.15, 0.2) is 97.2 Å². The lowest BCUT2D eigenvalue weighted by atomic mass is 10.0. The van der Waals surface area contributed by atoms with Crippen molar-refractivity contribution in [3.05, 3.63) is 97.2 Å². The van der Waals surface area contributed by atoms with Crippen LogP contribution in [0.2, 0.25) is 0 Å². The van der Waals surface area contributed by atoms with Gasteiger partial charge >= 0.3 is 17.9 Å². The number of carbonyl (C=O) groups excluding carboxylic acids is 3.